The van der Waals surface area contributed by atoms with E-state index in [0.717, 1.165) is 6.42 Å². The van der Waals surface area contributed by atoms with Crippen LogP contribution < -0.4 is 10.6 Å². The highest BCUT2D eigenvalue weighted by Crippen LogP contribution is 1.97. The second kappa shape index (κ2) is 7.40. The van der Waals surface area contributed by atoms with Gasteiger partial charge in [-0.1, -0.05) is 6.58 Å². The van der Waals surface area contributed by atoms with Crippen molar-refractivity contribution in [3.63, 3.8) is 0 Å². The van der Waals surface area contributed by atoms with Crippen LogP contribution in [0, 0.1) is 0 Å². The molecule has 0 radical (unpaired) electrons. The number of nitrogens with zero attached hydrogens (tertiary/aromatic N) is 1. The summed E-state index contributed by atoms with van der Waals surface area (Å²) >= 11 is 0. The Hall–Kier alpha value is -2.05. The Morgan fingerprint density at radius 3 is 2.89 bits per heavy atom. The van der Waals surface area contributed by atoms with Gasteiger partial charge in [0.05, 0.1) is 0 Å². The van der Waals surface area contributed by atoms with Crippen LogP contribution in [0.5, 0.6) is 0 Å². The van der Waals surface area contributed by atoms with Gasteiger partial charge in [0.25, 0.3) is 5.91 Å². The molecule has 1 aliphatic rings. The van der Waals surface area contributed by atoms with Crippen molar-refractivity contribution < 1.29 is 19.1 Å². The molecule has 0 spiro atoms. The Morgan fingerprint density at radius 1 is 1.53 bits per heavy atom. The van der Waals surface area contributed by atoms with E-state index in [1.165, 1.54) is 6.92 Å². The highest BCUT2D eigenvalue weighted by atomic mass is 16.5. The summed E-state index contributed by atoms with van der Waals surface area (Å²) in [4.78, 5) is 35.4. The molecule has 19 heavy (non-hydrogen) atoms. The maximum absolute atomic E-state index is 11.4. The van der Waals surface area contributed by atoms with Gasteiger partial charge in [-0.3, -0.25) is 4.79 Å². The molecule has 1 fully saturated rings. The zero-order chi connectivity index (χ0) is 14.3. The lowest BCUT2D eigenvalue weighted by atomic mass is 10.3. The van der Waals surface area contributed by atoms with E-state index >= 15 is 0 Å². The highest BCUT2D eigenvalue weighted by molar-refractivity contribution is 5.89. The topological polar surface area (TPSA) is 87.7 Å². The molecule has 1 saturated heterocycles. The summed E-state index contributed by atoms with van der Waals surface area (Å²) in [5, 5.41) is 5.30. The monoisotopic (exact) mass is 269 g/mol. The molecule has 7 nitrogen and oxygen atoms in total. The lowest BCUT2D eigenvalue weighted by Gasteiger charge is -2.27. The molecule has 2 N–H and O–H groups in total. The summed E-state index contributed by atoms with van der Waals surface area (Å²) in [6.07, 6.45) is 0.899. The number of nitrogens with one attached hydrogen (secondary N) is 2. The van der Waals surface area contributed by atoms with Gasteiger partial charge in [0, 0.05) is 31.8 Å². The zero-order valence-electron chi connectivity index (χ0n) is 11.0. The molecule has 0 aliphatic carbocycles. The summed E-state index contributed by atoms with van der Waals surface area (Å²) in [6.45, 7) is 6.73. The quantitative estimate of drug-likeness (QED) is 0.509. The zero-order valence-corrected chi connectivity index (χ0v) is 11.0. The van der Waals surface area contributed by atoms with Crippen LogP contribution in [0.25, 0.3) is 0 Å². The number of hydrogen-bond donors (Lipinski definition) is 2. The number of urea groups is 1. The van der Waals surface area contributed by atoms with Crippen molar-refractivity contribution in [3.8, 4) is 0 Å². The molecule has 0 bridgehead atoms. The smallest absolute Gasteiger partial charge is 0.333 e. The summed E-state index contributed by atoms with van der Waals surface area (Å²) < 4.78 is 4.69. The van der Waals surface area contributed by atoms with Crippen molar-refractivity contribution in [2.24, 2.45) is 0 Å². The molecule has 1 heterocycles. The molecule has 7 heteroatoms. The number of hydrogen-bond acceptors (Lipinski definition) is 4. The third kappa shape index (κ3) is 5.41. The van der Waals surface area contributed by atoms with Gasteiger partial charge >= 0.3 is 12.0 Å². The third-order valence-electron chi connectivity index (χ3n) is 2.55. The maximum Gasteiger partial charge on any atom is 0.333 e. The minimum atomic E-state index is -0.592. The Morgan fingerprint density at radius 2 is 2.26 bits per heavy atom. The van der Waals surface area contributed by atoms with E-state index in [1.54, 1.807) is 4.90 Å². The van der Waals surface area contributed by atoms with Crippen molar-refractivity contribution in [2.75, 3.05) is 32.8 Å². The van der Waals surface area contributed by atoms with E-state index in [2.05, 4.69) is 21.9 Å². The van der Waals surface area contributed by atoms with Gasteiger partial charge in [0.15, 0.2) is 6.61 Å². The van der Waals surface area contributed by atoms with E-state index in [9.17, 15) is 14.4 Å². The molecule has 0 unspecified atom stereocenters. The molecule has 1 rings (SSSR count). The average Bonchev–Trinajstić information content (AvgIpc) is 2.38. The van der Waals surface area contributed by atoms with Crippen LogP contribution >= 0.6 is 0 Å². The minimum Gasteiger partial charge on any atom is -0.452 e. The standard InChI is InChI=1S/C12H19N3O4/c1-9(2)11(17)19-8-10(16)13-5-7-15-6-3-4-14-12(15)18/h1,3-8H2,2H3,(H,13,16)(H,14,18). The van der Waals surface area contributed by atoms with Crippen molar-refractivity contribution in [1.29, 1.82) is 0 Å². The SMILES string of the molecule is C=C(C)C(=O)OCC(=O)NCCN1CCCNC1=O. The van der Waals surface area contributed by atoms with Gasteiger partial charge in [-0.05, 0) is 13.3 Å². The van der Waals surface area contributed by atoms with Crippen LogP contribution in [0.15, 0.2) is 12.2 Å². The van der Waals surface area contributed by atoms with Crippen LogP contribution in [0.4, 0.5) is 4.79 Å². The van der Waals surface area contributed by atoms with Crippen molar-refractivity contribution in [1.82, 2.24) is 15.5 Å². The first-order valence-corrected chi connectivity index (χ1v) is 6.13. The molecule has 0 saturated carbocycles. The number of ether oxygens (including phenoxy) is 1. The average molecular weight is 269 g/mol. The fourth-order valence-corrected chi connectivity index (χ4v) is 1.53. The van der Waals surface area contributed by atoms with Crippen molar-refractivity contribution in [3.05, 3.63) is 12.2 Å². The number of esters is 1. The number of amides is 3. The molecule has 106 valence electrons. The summed E-state index contributed by atoms with van der Waals surface area (Å²) in [7, 11) is 0. The Kier molecular flexibility index (Phi) is 5.84. The van der Waals surface area contributed by atoms with E-state index in [-0.39, 0.29) is 18.2 Å². The number of carbonyl (C=O) groups excluding carboxylic acids is 3. The van der Waals surface area contributed by atoms with E-state index in [0.29, 0.717) is 26.2 Å². The van der Waals surface area contributed by atoms with Crippen LogP contribution in [0.2, 0.25) is 0 Å². The van der Waals surface area contributed by atoms with E-state index in [1.807, 2.05) is 0 Å². The predicted octanol–water partition coefficient (Wildman–Crippen LogP) is -0.363. The van der Waals surface area contributed by atoms with Crippen LogP contribution in [-0.4, -0.2) is 55.6 Å². The first kappa shape index (κ1) is 15.0. The Bertz CT molecular complexity index is 381. The van der Waals surface area contributed by atoms with E-state index < -0.39 is 11.9 Å². The predicted molar refractivity (Wildman–Crippen MR) is 68.4 cm³/mol. The van der Waals surface area contributed by atoms with E-state index in [4.69, 9.17) is 0 Å². The van der Waals surface area contributed by atoms with Crippen LogP contribution in [0.3, 0.4) is 0 Å². The Labute approximate surface area is 112 Å². The van der Waals surface area contributed by atoms with Crippen molar-refractivity contribution >= 4 is 17.9 Å². The second-order valence-corrected chi connectivity index (χ2v) is 4.28. The lowest BCUT2D eigenvalue weighted by molar-refractivity contribution is -0.144. The number of rotatable bonds is 6. The number of carbonyl (C=O) groups is 3. The normalized spacial score (nSPS) is 14.6. The summed E-state index contributed by atoms with van der Waals surface area (Å²) in [6, 6.07) is -0.116. The van der Waals surface area contributed by atoms with Gasteiger partial charge < -0.3 is 20.3 Å². The largest absolute Gasteiger partial charge is 0.452 e. The minimum absolute atomic E-state index is 0.116. The fraction of sp³-hybridized carbons (Fsp3) is 0.583. The van der Waals surface area contributed by atoms with Gasteiger partial charge in [0.2, 0.25) is 0 Å². The van der Waals surface area contributed by atoms with Gasteiger partial charge in [-0.15, -0.1) is 0 Å². The van der Waals surface area contributed by atoms with Gasteiger partial charge in [-0.2, -0.15) is 0 Å². The lowest BCUT2D eigenvalue weighted by Crippen LogP contribution is -2.49. The van der Waals surface area contributed by atoms with Crippen LogP contribution in [-0.2, 0) is 14.3 Å². The molecule has 0 aromatic rings. The third-order valence-corrected chi connectivity index (χ3v) is 2.55. The molecule has 0 aromatic heterocycles. The first-order valence-electron chi connectivity index (χ1n) is 6.13. The van der Waals surface area contributed by atoms with Gasteiger partial charge in [0.1, 0.15) is 0 Å². The summed E-state index contributed by atoms with van der Waals surface area (Å²) in [5.74, 6) is -0.988. The molecular weight excluding hydrogens is 250 g/mol. The molecule has 1 aliphatic heterocycles. The fourth-order valence-electron chi connectivity index (χ4n) is 1.53. The van der Waals surface area contributed by atoms with Crippen molar-refractivity contribution in [2.45, 2.75) is 13.3 Å². The molecule has 3 amide bonds. The van der Waals surface area contributed by atoms with Crippen LogP contribution in [0.1, 0.15) is 13.3 Å². The first-order chi connectivity index (χ1) is 9.00. The second-order valence-electron chi connectivity index (χ2n) is 4.28. The molecule has 0 aromatic carbocycles. The highest BCUT2D eigenvalue weighted by Gasteiger charge is 2.16. The maximum atomic E-state index is 11.4. The summed E-state index contributed by atoms with van der Waals surface area (Å²) in [5.41, 5.74) is 0.248. The Balaban J connectivity index is 2.14. The molecular formula is C12H19N3O4. The van der Waals surface area contributed by atoms with Gasteiger partial charge in [-0.25, -0.2) is 9.59 Å². The molecule has 0 atom stereocenters.